The number of aliphatic hydroxyl groups excluding tert-OH is 1. The lowest BCUT2D eigenvalue weighted by atomic mass is 10.1. The van der Waals surface area contributed by atoms with Crippen molar-refractivity contribution in [1.82, 2.24) is 0 Å². The van der Waals surface area contributed by atoms with Crippen molar-refractivity contribution < 1.29 is 28.8 Å². The molecular formula is C12H20O6. The van der Waals surface area contributed by atoms with Crippen LogP contribution in [0.15, 0.2) is 0 Å². The molecule has 2 aliphatic rings. The van der Waals surface area contributed by atoms with Crippen LogP contribution in [-0.4, -0.2) is 55.0 Å². The van der Waals surface area contributed by atoms with E-state index in [0.717, 1.165) is 0 Å². The molecule has 104 valence electrons. The van der Waals surface area contributed by atoms with Gasteiger partial charge in [0, 0.05) is 6.42 Å². The van der Waals surface area contributed by atoms with Crippen LogP contribution in [0.5, 0.6) is 0 Å². The van der Waals surface area contributed by atoms with Gasteiger partial charge in [-0.2, -0.15) is 0 Å². The van der Waals surface area contributed by atoms with E-state index in [1.165, 1.54) is 0 Å². The molecule has 0 bridgehead atoms. The third-order valence-corrected chi connectivity index (χ3v) is 3.25. The van der Waals surface area contributed by atoms with Crippen LogP contribution in [0.2, 0.25) is 0 Å². The quantitative estimate of drug-likeness (QED) is 0.729. The molecule has 0 aliphatic carbocycles. The van der Waals surface area contributed by atoms with Gasteiger partial charge in [0.2, 0.25) is 0 Å². The van der Waals surface area contributed by atoms with E-state index in [1.807, 2.05) is 0 Å². The van der Waals surface area contributed by atoms with E-state index in [9.17, 15) is 9.90 Å². The van der Waals surface area contributed by atoms with E-state index in [-0.39, 0.29) is 31.2 Å². The average molecular weight is 260 g/mol. The van der Waals surface area contributed by atoms with E-state index in [2.05, 4.69) is 0 Å². The van der Waals surface area contributed by atoms with Gasteiger partial charge in [-0.15, -0.1) is 0 Å². The molecule has 0 saturated carbocycles. The lowest BCUT2D eigenvalue weighted by Gasteiger charge is -2.40. The summed E-state index contributed by atoms with van der Waals surface area (Å²) in [5, 5.41) is 9.72. The van der Waals surface area contributed by atoms with Gasteiger partial charge in [0.1, 0.15) is 18.3 Å². The van der Waals surface area contributed by atoms with E-state index < -0.39 is 11.9 Å². The summed E-state index contributed by atoms with van der Waals surface area (Å²) in [5.74, 6) is -1.13. The second-order valence-electron chi connectivity index (χ2n) is 4.77. The number of hydrogen-bond acceptors (Lipinski definition) is 6. The minimum absolute atomic E-state index is 0.212. The number of aliphatic hydroxyl groups is 1. The van der Waals surface area contributed by atoms with Gasteiger partial charge in [0.25, 0.3) is 0 Å². The molecule has 2 heterocycles. The summed E-state index contributed by atoms with van der Waals surface area (Å²) in [6.45, 7) is 4.56. The molecular weight excluding hydrogens is 240 g/mol. The van der Waals surface area contributed by atoms with Crippen LogP contribution in [0, 0.1) is 0 Å². The normalized spacial score (nSPS) is 39.4. The van der Waals surface area contributed by atoms with Crippen LogP contribution in [0.1, 0.15) is 26.7 Å². The second-order valence-corrected chi connectivity index (χ2v) is 4.77. The van der Waals surface area contributed by atoms with E-state index >= 15 is 0 Å². The zero-order valence-corrected chi connectivity index (χ0v) is 10.8. The van der Waals surface area contributed by atoms with Gasteiger partial charge < -0.3 is 24.1 Å². The SMILES string of the molecule is CCOC(=O)CCC1(C)OC[C@H]2OC[C@H](O)[C@H]2O1. The van der Waals surface area contributed by atoms with Crippen molar-refractivity contribution in [2.24, 2.45) is 0 Å². The van der Waals surface area contributed by atoms with Gasteiger partial charge in [0.05, 0.1) is 26.2 Å². The molecule has 2 saturated heterocycles. The van der Waals surface area contributed by atoms with Crippen molar-refractivity contribution in [2.75, 3.05) is 19.8 Å². The minimum atomic E-state index is -0.859. The Hall–Kier alpha value is -0.690. The molecule has 2 fully saturated rings. The van der Waals surface area contributed by atoms with Crippen LogP contribution in [0.4, 0.5) is 0 Å². The first kappa shape index (κ1) is 13.7. The third kappa shape index (κ3) is 3.00. The van der Waals surface area contributed by atoms with Gasteiger partial charge in [-0.25, -0.2) is 0 Å². The lowest BCUT2D eigenvalue weighted by Crippen LogP contribution is -2.51. The highest BCUT2D eigenvalue weighted by Crippen LogP contribution is 2.33. The van der Waals surface area contributed by atoms with Crippen LogP contribution in [0.25, 0.3) is 0 Å². The Bertz CT molecular complexity index is 307. The molecule has 18 heavy (non-hydrogen) atoms. The largest absolute Gasteiger partial charge is 0.466 e. The first-order valence-electron chi connectivity index (χ1n) is 6.31. The summed E-state index contributed by atoms with van der Waals surface area (Å²) in [5.41, 5.74) is 0. The van der Waals surface area contributed by atoms with E-state index in [0.29, 0.717) is 19.6 Å². The third-order valence-electron chi connectivity index (χ3n) is 3.25. The molecule has 1 N–H and O–H groups in total. The lowest BCUT2D eigenvalue weighted by molar-refractivity contribution is -0.311. The van der Waals surface area contributed by atoms with Crippen LogP contribution < -0.4 is 0 Å². The van der Waals surface area contributed by atoms with Gasteiger partial charge >= 0.3 is 5.97 Å². The number of esters is 1. The summed E-state index contributed by atoms with van der Waals surface area (Å²) in [7, 11) is 0. The molecule has 6 heteroatoms. The van der Waals surface area contributed by atoms with Crippen molar-refractivity contribution in [2.45, 2.75) is 50.8 Å². The molecule has 0 aromatic carbocycles. The summed E-state index contributed by atoms with van der Waals surface area (Å²) in [6.07, 6.45) is -0.567. The van der Waals surface area contributed by atoms with Gasteiger partial charge in [-0.1, -0.05) is 0 Å². The number of carbonyl (C=O) groups is 1. The van der Waals surface area contributed by atoms with Crippen molar-refractivity contribution in [3.05, 3.63) is 0 Å². The van der Waals surface area contributed by atoms with Crippen molar-refractivity contribution in [1.29, 1.82) is 0 Å². The Morgan fingerprint density at radius 2 is 2.28 bits per heavy atom. The number of ether oxygens (including phenoxy) is 4. The second kappa shape index (κ2) is 5.52. The van der Waals surface area contributed by atoms with Crippen LogP contribution in [0.3, 0.4) is 0 Å². The zero-order valence-electron chi connectivity index (χ0n) is 10.8. The molecule has 0 aromatic rings. The van der Waals surface area contributed by atoms with Gasteiger partial charge in [0.15, 0.2) is 5.79 Å². The predicted molar refractivity (Wildman–Crippen MR) is 60.8 cm³/mol. The molecule has 0 spiro atoms. The Labute approximate surface area is 106 Å². The fourth-order valence-corrected chi connectivity index (χ4v) is 2.23. The maximum absolute atomic E-state index is 11.3. The van der Waals surface area contributed by atoms with Crippen molar-refractivity contribution in [3.63, 3.8) is 0 Å². The average Bonchev–Trinajstić information content (AvgIpc) is 2.69. The van der Waals surface area contributed by atoms with Gasteiger partial charge in [-0.05, 0) is 13.8 Å². The fourth-order valence-electron chi connectivity index (χ4n) is 2.23. The highest BCUT2D eigenvalue weighted by molar-refractivity contribution is 5.69. The number of fused-ring (bicyclic) bond motifs is 1. The molecule has 0 radical (unpaired) electrons. The van der Waals surface area contributed by atoms with E-state index in [4.69, 9.17) is 18.9 Å². The van der Waals surface area contributed by atoms with Crippen molar-refractivity contribution in [3.8, 4) is 0 Å². The van der Waals surface area contributed by atoms with Crippen LogP contribution >= 0.6 is 0 Å². The first-order valence-corrected chi connectivity index (χ1v) is 6.31. The molecule has 0 amide bonds. The number of hydrogen-bond donors (Lipinski definition) is 1. The Morgan fingerprint density at radius 1 is 1.50 bits per heavy atom. The molecule has 2 rings (SSSR count). The minimum Gasteiger partial charge on any atom is -0.466 e. The highest BCUT2D eigenvalue weighted by Gasteiger charge is 2.47. The summed E-state index contributed by atoms with van der Waals surface area (Å²) in [4.78, 5) is 11.3. The van der Waals surface area contributed by atoms with Crippen LogP contribution in [-0.2, 0) is 23.7 Å². The smallest absolute Gasteiger partial charge is 0.305 e. The monoisotopic (exact) mass is 260 g/mol. The zero-order chi connectivity index (χ0) is 13.2. The molecule has 2 aliphatic heterocycles. The fraction of sp³-hybridized carbons (Fsp3) is 0.917. The Kier molecular flexibility index (Phi) is 4.21. The molecule has 4 atom stereocenters. The summed E-state index contributed by atoms with van der Waals surface area (Å²) in [6, 6.07) is 0. The molecule has 6 nitrogen and oxygen atoms in total. The standard InChI is InChI=1S/C12H20O6/c1-3-15-10(14)4-5-12(2)17-7-9-11(18-12)8(13)6-16-9/h8-9,11,13H,3-7H2,1-2H3/t8-,9+,11+,12?/m0/s1. The number of carbonyl (C=O) groups excluding carboxylic acids is 1. The van der Waals surface area contributed by atoms with E-state index in [1.54, 1.807) is 13.8 Å². The summed E-state index contributed by atoms with van der Waals surface area (Å²) < 4.78 is 21.5. The predicted octanol–water partition coefficient (Wildman–Crippen LogP) is 0.221. The maximum atomic E-state index is 11.3. The van der Waals surface area contributed by atoms with Gasteiger partial charge in [-0.3, -0.25) is 4.79 Å². The first-order chi connectivity index (χ1) is 8.54. The maximum Gasteiger partial charge on any atom is 0.305 e. The Morgan fingerprint density at radius 3 is 3.00 bits per heavy atom. The summed E-state index contributed by atoms with van der Waals surface area (Å²) >= 11 is 0. The molecule has 0 aromatic heterocycles. The highest BCUT2D eigenvalue weighted by atomic mass is 16.7. The van der Waals surface area contributed by atoms with Crippen molar-refractivity contribution >= 4 is 5.97 Å². The number of rotatable bonds is 4. The molecule has 1 unspecified atom stereocenters. The topological polar surface area (TPSA) is 74.2 Å². The Balaban J connectivity index is 1.86.